The lowest BCUT2D eigenvalue weighted by Crippen LogP contribution is -2.27. The van der Waals surface area contributed by atoms with Gasteiger partial charge in [-0.2, -0.15) is 0 Å². The number of aromatic nitrogens is 2. The van der Waals surface area contributed by atoms with Gasteiger partial charge >= 0.3 is 0 Å². The van der Waals surface area contributed by atoms with Gasteiger partial charge in [0.1, 0.15) is 17.1 Å². The minimum Gasteiger partial charge on any atom is -0.508 e. The second kappa shape index (κ2) is 5.89. The Labute approximate surface area is 128 Å². The van der Waals surface area contributed by atoms with Crippen molar-refractivity contribution >= 4 is 11.6 Å². The Balaban J connectivity index is 1.68. The zero-order chi connectivity index (χ0) is 15.5. The third kappa shape index (κ3) is 2.79. The molecule has 22 heavy (non-hydrogen) atoms. The third-order valence-electron chi connectivity index (χ3n) is 3.55. The van der Waals surface area contributed by atoms with Gasteiger partial charge in [-0.15, -0.1) is 0 Å². The summed E-state index contributed by atoms with van der Waals surface area (Å²) in [7, 11) is 0. The highest BCUT2D eigenvalue weighted by molar-refractivity contribution is 5.94. The lowest BCUT2D eigenvalue weighted by molar-refractivity contribution is 0.0947. The van der Waals surface area contributed by atoms with Gasteiger partial charge in [0.2, 0.25) is 0 Å². The zero-order valence-corrected chi connectivity index (χ0v) is 12.3. The average molecular weight is 295 g/mol. The molecule has 0 spiro atoms. The van der Waals surface area contributed by atoms with Crippen LogP contribution in [0.5, 0.6) is 5.75 Å². The van der Waals surface area contributed by atoms with Crippen LogP contribution in [0.3, 0.4) is 0 Å². The van der Waals surface area contributed by atoms with Crippen LogP contribution < -0.4 is 5.32 Å². The van der Waals surface area contributed by atoms with Crippen molar-refractivity contribution in [3.05, 3.63) is 65.6 Å². The van der Waals surface area contributed by atoms with E-state index in [1.807, 2.05) is 43.5 Å². The molecule has 1 amide bonds. The van der Waals surface area contributed by atoms with Gasteiger partial charge in [-0.25, -0.2) is 4.98 Å². The van der Waals surface area contributed by atoms with Gasteiger partial charge < -0.3 is 10.4 Å². The number of carbonyl (C=O) groups is 1. The summed E-state index contributed by atoms with van der Waals surface area (Å²) in [4.78, 5) is 16.8. The molecule has 5 nitrogen and oxygen atoms in total. The number of nitrogens with zero attached hydrogens (tertiary/aromatic N) is 2. The Morgan fingerprint density at radius 2 is 2.00 bits per heavy atom. The van der Waals surface area contributed by atoms with Crippen molar-refractivity contribution in [1.29, 1.82) is 0 Å². The van der Waals surface area contributed by atoms with Crippen LogP contribution >= 0.6 is 0 Å². The fourth-order valence-electron chi connectivity index (χ4n) is 2.45. The molecular formula is C17H17N3O2. The van der Waals surface area contributed by atoms with Gasteiger partial charge in [-0.05, 0) is 43.2 Å². The summed E-state index contributed by atoms with van der Waals surface area (Å²) in [6, 6.07) is 12.6. The number of fused-ring (bicyclic) bond motifs is 1. The number of phenolic OH excluding ortho intramolecular Hbond substituents is 1. The number of aromatic hydroxyl groups is 1. The summed E-state index contributed by atoms with van der Waals surface area (Å²) < 4.78 is 1.80. The van der Waals surface area contributed by atoms with Crippen LogP contribution in [-0.2, 0) is 6.42 Å². The zero-order valence-electron chi connectivity index (χ0n) is 12.3. The second-order valence-corrected chi connectivity index (χ2v) is 5.15. The predicted octanol–water partition coefficient (Wildman–Crippen LogP) is 2.32. The number of phenols is 1. The SMILES string of the molecule is Cc1nc2ccccn2c1C(=O)NCCc1ccc(O)cc1. The van der Waals surface area contributed by atoms with Crippen LogP contribution in [0.2, 0.25) is 0 Å². The first-order chi connectivity index (χ1) is 10.6. The molecule has 0 saturated heterocycles. The van der Waals surface area contributed by atoms with E-state index in [2.05, 4.69) is 10.3 Å². The molecular weight excluding hydrogens is 278 g/mol. The number of carbonyl (C=O) groups excluding carboxylic acids is 1. The van der Waals surface area contributed by atoms with Crippen molar-refractivity contribution in [1.82, 2.24) is 14.7 Å². The Bertz CT molecular complexity index is 806. The Morgan fingerprint density at radius 3 is 2.77 bits per heavy atom. The molecule has 0 unspecified atom stereocenters. The molecule has 1 aromatic carbocycles. The lowest BCUT2D eigenvalue weighted by atomic mass is 10.1. The number of nitrogens with one attached hydrogen (secondary N) is 1. The van der Waals surface area contributed by atoms with Crippen molar-refractivity contribution < 1.29 is 9.90 Å². The maximum Gasteiger partial charge on any atom is 0.270 e. The summed E-state index contributed by atoms with van der Waals surface area (Å²) in [5.74, 6) is 0.115. The van der Waals surface area contributed by atoms with E-state index < -0.39 is 0 Å². The lowest BCUT2D eigenvalue weighted by Gasteiger charge is -2.06. The second-order valence-electron chi connectivity index (χ2n) is 5.15. The molecule has 5 heteroatoms. The van der Waals surface area contributed by atoms with E-state index in [9.17, 15) is 9.90 Å². The van der Waals surface area contributed by atoms with Crippen molar-refractivity contribution in [3.8, 4) is 5.75 Å². The molecule has 0 saturated carbocycles. The first-order valence-electron chi connectivity index (χ1n) is 7.15. The van der Waals surface area contributed by atoms with Gasteiger partial charge in [0.25, 0.3) is 5.91 Å². The standard InChI is InChI=1S/C17H17N3O2/c1-12-16(20-11-3-2-4-15(20)19-12)17(22)18-10-9-13-5-7-14(21)8-6-13/h2-8,11,21H,9-10H2,1H3,(H,18,22). The summed E-state index contributed by atoms with van der Waals surface area (Å²) >= 11 is 0. The number of pyridine rings is 1. The maximum absolute atomic E-state index is 12.4. The number of amides is 1. The Kier molecular flexibility index (Phi) is 3.78. The van der Waals surface area contributed by atoms with Crippen LogP contribution in [-0.4, -0.2) is 26.9 Å². The first kappa shape index (κ1) is 14.1. The van der Waals surface area contributed by atoms with E-state index in [0.29, 0.717) is 24.4 Å². The number of aryl methyl sites for hydroxylation is 1. The molecule has 0 aliphatic heterocycles. The summed E-state index contributed by atoms with van der Waals surface area (Å²) in [6.45, 7) is 2.37. The van der Waals surface area contributed by atoms with E-state index in [1.54, 1.807) is 16.5 Å². The normalized spacial score (nSPS) is 10.8. The topological polar surface area (TPSA) is 66.6 Å². The molecule has 112 valence electrons. The highest BCUT2D eigenvalue weighted by atomic mass is 16.3. The largest absolute Gasteiger partial charge is 0.508 e. The van der Waals surface area contributed by atoms with Gasteiger partial charge in [0.05, 0.1) is 5.69 Å². The monoisotopic (exact) mass is 295 g/mol. The van der Waals surface area contributed by atoms with Crippen LogP contribution in [0.25, 0.3) is 5.65 Å². The molecule has 0 atom stereocenters. The minimum absolute atomic E-state index is 0.130. The summed E-state index contributed by atoms with van der Waals surface area (Å²) in [5.41, 5.74) is 3.12. The van der Waals surface area contributed by atoms with Gasteiger partial charge in [-0.3, -0.25) is 9.20 Å². The number of hydrogen-bond acceptors (Lipinski definition) is 3. The van der Waals surface area contributed by atoms with Crippen molar-refractivity contribution in [3.63, 3.8) is 0 Å². The molecule has 0 aliphatic carbocycles. The predicted molar refractivity (Wildman–Crippen MR) is 84.1 cm³/mol. The van der Waals surface area contributed by atoms with Gasteiger partial charge in [0.15, 0.2) is 0 Å². The Hall–Kier alpha value is -2.82. The highest BCUT2D eigenvalue weighted by Crippen LogP contribution is 2.12. The Morgan fingerprint density at radius 1 is 1.23 bits per heavy atom. The van der Waals surface area contributed by atoms with Crippen molar-refractivity contribution in [2.24, 2.45) is 0 Å². The smallest absolute Gasteiger partial charge is 0.270 e. The van der Waals surface area contributed by atoms with Gasteiger partial charge in [-0.1, -0.05) is 18.2 Å². The van der Waals surface area contributed by atoms with Crippen molar-refractivity contribution in [2.45, 2.75) is 13.3 Å². The van der Waals surface area contributed by atoms with E-state index in [1.165, 1.54) is 0 Å². The van der Waals surface area contributed by atoms with E-state index in [0.717, 1.165) is 11.2 Å². The van der Waals surface area contributed by atoms with E-state index in [4.69, 9.17) is 0 Å². The van der Waals surface area contributed by atoms with E-state index >= 15 is 0 Å². The summed E-state index contributed by atoms with van der Waals surface area (Å²) in [6.07, 6.45) is 2.55. The molecule has 2 N–H and O–H groups in total. The fourth-order valence-corrected chi connectivity index (χ4v) is 2.45. The highest BCUT2D eigenvalue weighted by Gasteiger charge is 2.15. The summed E-state index contributed by atoms with van der Waals surface area (Å²) in [5, 5.41) is 12.2. The van der Waals surface area contributed by atoms with Crippen LogP contribution in [0.1, 0.15) is 21.7 Å². The van der Waals surface area contributed by atoms with Crippen LogP contribution in [0.15, 0.2) is 48.7 Å². The molecule has 2 heterocycles. The minimum atomic E-state index is -0.130. The quantitative estimate of drug-likeness (QED) is 0.776. The number of rotatable bonds is 4. The molecule has 2 aromatic heterocycles. The fraction of sp³-hybridized carbons (Fsp3) is 0.176. The van der Waals surface area contributed by atoms with Gasteiger partial charge in [0, 0.05) is 12.7 Å². The van der Waals surface area contributed by atoms with E-state index in [-0.39, 0.29) is 11.7 Å². The van der Waals surface area contributed by atoms with Crippen LogP contribution in [0, 0.1) is 6.92 Å². The number of hydrogen-bond donors (Lipinski definition) is 2. The molecule has 0 bridgehead atoms. The number of benzene rings is 1. The molecule has 3 rings (SSSR count). The van der Waals surface area contributed by atoms with Crippen molar-refractivity contribution in [2.75, 3.05) is 6.54 Å². The average Bonchev–Trinajstić information content (AvgIpc) is 2.85. The molecule has 0 radical (unpaired) electrons. The third-order valence-corrected chi connectivity index (χ3v) is 3.55. The molecule has 3 aromatic rings. The molecule has 0 fully saturated rings. The molecule has 0 aliphatic rings. The maximum atomic E-state index is 12.4. The first-order valence-corrected chi connectivity index (χ1v) is 7.15. The van der Waals surface area contributed by atoms with Crippen LogP contribution in [0.4, 0.5) is 0 Å². The number of imidazole rings is 1.